The number of aryl methyl sites for hydroxylation is 2. The topological polar surface area (TPSA) is 42.2 Å². The summed E-state index contributed by atoms with van der Waals surface area (Å²) in [6.07, 6.45) is 9.76. The van der Waals surface area contributed by atoms with Crippen LogP contribution in [0.15, 0.2) is 29.9 Å². The zero-order valence-corrected chi connectivity index (χ0v) is 12.7. The molecule has 21 heavy (non-hydrogen) atoms. The normalized spacial score (nSPS) is 16.0. The van der Waals surface area contributed by atoms with E-state index in [9.17, 15) is 0 Å². The Hall–Kier alpha value is -1.93. The molecule has 1 saturated carbocycles. The lowest BCUT2D eigenvalue weighted by atomic mass is 9.85. The fraction of sp³-hybridized carbons (Fsp3) is 0.438. The number of aromatic nitrogens is 2. The Morgan fingerprint density at radius 2 is 2.19 bits per heavy atom. The van der Waals surface area contributed by atoms with Crippen molar-refractivity contribution in [2.24, 2.45) is 0 Å². The molecule has 1 aliphatic carbocycles. The minimum Gasteiger partial charge on any atom is -0.313 e. The number of nitrogens with one attached hydrogen (secondary N) is 1. The first-order chi connectivity index (χ1) is 10.3. The molecule has 0 bridgehead atoms. The summed E-state index contributed by atoms with van der Waals surface area (Å²) in [5.74, 6) is 0. The van der Waals surface area contributed by atoms with Gasteiger partial charge in [-0.15, -0.1) is 11.3 Å². The smallest absolute Gasteiger partial charge is 0.305 e. The van der Waals surface area contributed by atoms with Crippen LogP contribution in [-0.2, 0) is 12.8 Å². The predicted octanol–water partition coefficient (Wildman–Crippen LogP) is 3.92. The molecule has 0 radical (unpaired) electrons. The second kappa shape index (κ2) is 6.23. The van der Waals surface area contributed by atoms with E-state index >= 15 is 0 Å². The molecule has 0 saturated heterocycles. The van der Waals surface area contributed by atoms with Gasteiger partial charge in [0.15, 0.2) is 0 Å². The van der Waals surface area contributed by atoms with Gasteiger partial charge in [0.1, 0.15) is 0 Å². The fourth-order valence-corrected chi connectivity index (χ4v) is 3.15. The van der Waals surface area contributed by atoms with Crippen LogP contribution in [0.25, 0.3) is 4.85 Å². The van der Waals surface area contributed by atoms with Crippen molar-refractivity contribution >= 4 is 17.0 Å². The second-order valence-electron chi connectivity index (χ2n) is 5.44. The van der Waals surface area contributed by atoms with Crippen molar-refractivity contribution in [2.45, 2.75) is 44.2 Å². The third-order valence-electron chi connectivity index (χ3n) is 3.90. The van der Waals surface area contributed by atoms with Gasteiger partial charge in [0.05, 0.1) is 16.9 Å². The quantitative estimate of drug-likeness (QED) is 0.822. The standard InChI is InChI=1S/C16H18N4S/c1-17-16(8-3-9-16)20-14-7-6-13(19-12-14)4-2-5-15-18-10-11-21-15/h6-7,10-12,20H,2-5,8-9H2. The van der Waals surface area contributed by atoms with E-state index in [-0.39, 0.29) is 5.66 Å². The minimum absolute atomic E-state index is 0.367. The summed E-state index contributed by atoms with van der Waals surface area (Å²) in [7, 11) is 0. The molecule has 1 aliphatic rings. The molecule has 2 heterocycles. The highest BCUT2D eigenvalue weighted by Crippen LogP contribution is 2.36. The highest BCUT2D eigenvalue weighted by atomic mass is 32.1. The van der Waals surface area contributed by atoms with Gasteiger partial charge in [-0.25, -0.2) is 11.6 Å². The second-order valence-corrected chi connectivity index (χ2v) is 6.42. The van der Waals surface area contributed by atoms with Crippen molar-refractivity contribution in [2.75, 3.05) is 5.32 Å². The Kier molecular flexibility index (Phi) is 4.16. The van der Waals surface area contributed by atoms with E-state index in [2.05, 4.69) is 26.2 Å². The summed E-state index contributed by atoms with van der Waals surface area (Å²) in [6, 6.07) is 4.09. The monoisotopic (exact) mass is 298 g/mol. The van der Waals surface area contributed by atoms with Crippen LogP contribution in [0.2, 0.25) is 0 Å². The lowest BCUT2D eigenvalue weighted by Gasteiger charge is -2.31. The molecule has 1 fully saturated rings. The van der Waals surface area contributed by atoms with Gasteiger partial charge in [0, 0.05) is 30.1 Å². The van der Waals surface area contributed by atoms with E-state index in [0.717, 1.165) is 49.9 Å². The molecule has 0 atom stereocenters. The highest BCUT2D eigenvalue weighted by Gasteiger charge is 2.43. The number of rotatable bonds is 6. The van der Waals surface area contributed by atoms with Crippen LogP contribution in [0.1, 0.15) is 36.4 Å². The Balaban J connectivity index is 1.51. The number of hydrogen-bond acceptors (Lipinski definition) is 4. The van der Waals surface area contributed by atoms with Crippen molar-refractivity contribution in [3.8, 4) is 0 Å². The third kappa shape index (κ3) is 3.40. The molecule has 5 heteroatoms. The fourth-order valence-electron chi connectivity index (χ4n) is 2.49. The zero-order chi connectivity index (χ0) is 14.5. The number of thiazole rings is 1. The van der Waals surface area contributed by atoms with E-state index in [1.165, 1.54) is 5.01 Å². The maximum Gasteiger partial charge on any atom is 0.305 e. The number of anilines is 1. The van der Waals surface area contributed by atoms with Crippen LogP contribution < -0.4 is 5.32 Å². The minimum atomic E-state index is -0.367. The molecule has 1 N–H and O–H groups in total. The van der Waals surface area contributed by atoms with Crippen molar-refractivity contribution in [3.63, 3.8) is 0 Å². The first-order valence-corrected chi connectivity index (χ1v) is 8.18. The van der Waals surface area contributed by atoms with E-state index in [1.54, 1.807) is 11.3 Å². The zero-order valence-electron chi connectivity index (χ0n) is 11.9. The molecule has 3 rings (SSSR count). The Morgan fingerprint density at radius 3 is 2.76 bits per heavy atom. The van der Waals surface area contributed by atoms with Crippen LogP contribution in [0.4, 0.5) is 5.69 Å². The van der Waals surface area contributed by atoms with E-state index < -0.39 is 0 Å². The predicted molar refractivity (Wildman–Crippen MR) is 85.2 cm³/mol. The average molecular weight is 298 g/mol. The van der Waals surface area contributed by atoms with E-state index in [0.29, 0.717) is 0 Å². The van der Waals surface area contributed by atoms with Crippen LogP contribution in [0.3, 0.4) is 0 Å². The molecule has 0 aliphatic heterocycles. The molecule has 2 aromatic heterocycles. The van der Waals surface area contributed by atoms with Crippen molar-refractivity contribution in [1.82, 2.24) is 9.97 Å². The Labute approximate surface area is 129 Å². The summed E-state index contributed by atoms with van der Waals surface area (Å²) in [6.45, 7) is 7.30. The molecular formula is C16H18N4S. The molecule has 0 amide bonds. The van der Waals surface area contributed by atoms with Crippen molar-refractivity contribution in [3.05, 3.63) is 52.0 Å². The SMILES string of the molecule is [C-]#[N+]C1(Nc2ccc(CCCc3nccs3)nc2)CCC1. The highest BCUT2D eigenvalue weighted by molar-refractivity contribution is 7.09. The van der Waals surface area contributed by atoms with Gasteiger partial charge in [-0.05, 0) is 37.8 Å². The first-order valence-electron chi connectivity index (χ1n) is 7.30. The van der Waals surface area contributed by atoms with Crippen LogP contribution >= 0.6 is 11.3 Å². The van der Waals surface area contributed by atoms with Gasteiger partial charge in [0.25, 0.3) is 0 Å². The van der Waals surface area contributed by atoms with Gasteiger partial charge in [-0.1, -0.05) is 0 Å². The molecular weight excluding hydrogens is 280 g/mol. The maximum atomic E-state index is 7.30. The largest absolute Gasteiger partial charge is 0.313 e. The third-order valence-corrected chi connectivity index (χ3v) is 4.74. The van der Waals surface area contributed by atoms with Crippen LogP contribution in [-0.4, -0.2) is 15.6 Å². The Morgan fingerprint density at radius 1 is 1.29 bits per heavy atom. The summed E-state index contributed by atoms with van der Waals surface area (Å²) in [5, 5.41) is 6.53. The van der Waals surface area contributed by atoms with Gasteiger partial charge in [0.2, 0.25) is 0 Å². The average Bonchev–Trinajstić information content (AvgIpc) is 2.98. The molecule has 108 valence electrons. The van der Waals surface area contributed by atoms with Gasteiger partial charge in [-0.2, -0.15) is 0 Å². The summed E-state index contributed by atoms with van der Waals surface area (Å²) in [5.41, 5.74) is 1.69. The number of nitrogens with zero attached hydrogens (tertiary/aromatic N) is 3. The van der Waals surface area contributed by atoms with Crippen LogP contribution in [0.5, 0.6) is 0 Å². The van der Waals surface area contributed by atoms with Gasteiger partial charge in [-0.3, -0.25) is 9.83 Å². The number of pyridine rings is 1. The van der Waals surface area contributed by atoms with E-state index in [1.807, 2.05) is 23.8 Å². The summed E-state index contributed by atoms with van der Waals surface area (Å²) >= 11 is 1.71. The molecule has 4 nitrogen and oxygen atoms in total. The van der Waals surface area contributed by atoms with Crippen LogP contribution in [0, 0.1) is 6.57 Å². The van der Waals surface area contributed by atoms with E-state index in [4.69, 9.17) is 6.57 Å². The molecule has 2 aromatic rings. The lowest BCUT2D eigenvalue weighted by molar-refractivity contribution is 0.343. The molecule has 0 aromatic carbocycles. The van der Waals surface area contributed by atoms with Gasteiger partial charge < -0.3 is 5.32 Å². The van der Waals surface area contributed by atoms with Gasteiger partial charge >= 0.3 is 5.66 Å². The Bertz CT molecular complexity index is 609. The summed E-state index contributed by atoms with van der Waals surface area (Å²) < 4.78 is 0. The summed E-state index contributed by atoms with van der Waals surface area (Å²) in [4.78, 5) is 12.5. The molecule has 0 spiro atoms. The molecule has 0 unspecified atom stereocenters. The maximum absolute atomic E-state index is 7.30. The lowest BCUT2D eigenvalue weighted by Crippen LogP contribution is -2.41. The van der Waals surface area contributed by atoms with Crippen molar-refractivity contribution < 1.29 is 0 Å². The van der Waals surface area contributed by atoms with Crippen molar-refractivity contribution in [1.29, 1.82) is 0 Å². The first kappa shape index (κ1) is 14.0. The number of hydrogen-bond donors (Lipinski definition) is 1.